The van der Waals surface area contributed by atoms with Crippen LogP contribution in [-0.2, 0) is 0 Å². The zero-order valence-electron chi connectivity index (χ0n) is 8.50. The third-order valence-electron chi connectivity index (χ3n) is 3.36. The van der Waals surface area contributed by atoms with E-state index in [4.69, 9.17) is 5.73 Å². The van der Waals surface area contributed by atoms with E-state index < -0.39 is 0 Å². The minimum Gasteiger partial charge on any atom is -0.328 e. The average Bonchev–Trinajstić information content (AvgIpc) is 2.43. The topological polar surface area (TPSA) is 41.3 Å². The van der Waals surface area contributed by atoms with Crippen molar-refractivity contribution in [2.45, 2.75) is 31.3 Å². The van der Waals surface area contributed by atoms with E-state index in [-0.39, 0.29) is 0 Å². The summed E-state index contributed by atoms with van der Waals surface area (Å²) in [6.07, 6.45) is 3.78. The second kappa shape index (κ2) is 3.95. The van der Waals surface area contributed by atoms with E-state index in [2.05, 4.69) is 17.3 Å². The smallest absolute Gasteiger partial charge is 0.0207 e. The molecule has 0 spiro atoms. The van der Waals surface area contributed by atoms with Crippen molar-refractivity contribution in [1.29, 1.82) is 0 Å². The lowest BCUT2D eigenvalue weighted by Gasteiger charge is -2.33. The van der Waals surface area contributed by atoms with Gasteiger partial charge in [0.1, 0.15) is 0 Å². The normalized spacial score (nSPS) is 40.6. The Kier molecular flexibility index (Phi) is 2.86. The van der Waals surface area contributed by atoms with Gasteiger partial charge in [-0.3, -0.25) is 0 Å². The molecule has 3 N–H and O–H groups in total. The number of nitrogens with one attached hydrogen (secondary N) is 1. The lowest BCUT2D eigenvalue weighted by Crippen LogP contribution is -2.44. The van der Waals surface area contributed by atoms with Gasteiger partial charge in [-0.15, -0.1) is 0 Å². The fourth-order valence-corrected chi connectivity index (χ4v) is 2.39. The molecule has 2 aliphatic rings. The summed E-state index contributed by atoms with van der Waals surface area (Å²) in [6.45, 7) is 3.66. The lowest BCUT2D eigenvalue weighted by atomic mass is 9.81. The Morgan fingerprint density at radius 3 is 2.77 bits per heavy atom. The van der Waals surface area contributed by atoms with Crippen molar-refractivity contribution in [3.8, 4) is 0 Å². The SMILES string of the molecule is CN1CCC(NCC2CC(N)C2)C1. The molecule has 0 aromatic rings. The third kappa shape index (κ3) is 2.42. The van der Waals surface area contributed by atoms with Crippen LogP contribution in [0, 0.1) is 5.92 Å². The Balaban J connectivity index is 1.58. The molecule has 1 heterocycles. The van der Waals surface area contributed by atoms with Crippen LogP contribution >= 0.6 is 0 Å². The molecule has 0 aromatic carbocycles. The monoisotopic (exact) mass is 183 g/mol. The number of rotatable bonds is 3. The van der Waals surface area contributed by atoms with Crippen LogP contribution < -0.4 is 11.1 Å². The first-order valence-corrected chi connectivity index (χ1v) is 5.41. The number of likely N-dealkylation sites (tertiary alicyclic amines) is 1. The zero-order valence-corrected chi connectivity index (χ0v) is 8.50. The Morgan fingerprint density at radius 2 is 2.23 bits per heavy atom. The maximum absolute atomic E-state index is 5.74. The van der Waals surface area contributed by atoms with Crippen molar-refractivity contribution in [2.24, 2.45) is 11.7 Å². The van der Waals surface area contributed by atoms with Crippen LogP contribution in [0.15, 0.2) is 0 Å². The average molecular weight is 183 g/mol. The zero-order chi connectivity index (χ0) is 9.26. The van der Waals surface area contributed by atoms with Crippen molar-refractivity contribution in [1.82, 2.24) is 10.2 Å². The molecule has 2 rings (SSSR count). The molecule has 76 valence electrons. The summed E-state index contributed by atoms with van der Waals surface area (Å²) in [5.74, 6) is 0.862. The van der Waals surface area contributed by atoms with Crippen LogP contribution in [0.25, 0.3) is 0 Å². The number of nitrogens with zero attached hydrogens (tertiary/aromatic N) is 1. The summed E-state index contributed by atoms with van der Waals surface area (Å²) < 4.78 is 0. The summed E-state index contributed by atoms with van der Waals surface area (Å²) in [4.78, 5) is 2.39. The van der Waals surface area contributed by atoms with Gasteiger partial charge in [-0.2, -0.15) is 0 Å². The van der Waals surface area contributed by atoms with Gasteiger partial charge < -0.3 is 16.0 Å². The molecule has 1 saturated heterocycles. The molecule has 3 heteroatoms. The standard InChI is InChI=1S/C10H21N3/c1-13-3-2-10(7-13)12-6-8-4-9(11)5-8/h8-10,12H,2-7,11H2,1H3. The molecule has 1 atom stereocenters. The summed E-state index contributed by atoms with van der Waals surface area (Å²) in [7, 11) is 2.20. The minimum atomic E-state index is 0.498. The van der Waals surface area contributed by atoms with Crippen molar-refractivity contribution < 1.29 is 0 Å². The van der Waals surface area contributed by atoms with E-state index in [1.165, 1.54) is 38.9 Å². The van der Waals surface area contributed by atoms with Crippen molar-refractivity contribution >= 4 is 0 Å². The molecule has 0 bridgehead atoms. The van der Waals surface area contributed by atoms with Gasteiger partial charge >= 0.3 is 0 Å². The molecule has 1 aliphatic carbocycles. The highest BCUT2D eigenvalue weighted by Gasteiger charge is 2.27. The molecule has 1 unspecified atom stereocenters. The van der Waals surface area contributed by atoms with E-state index in [9.17, 15) is 0 Å². The Morgan fingerprint density at radius 1 is 1.46 bits per heavy atom. The number of hydrogen-bond acceptors (Lipinski definition) is 3. The maximum Gasteiger partial charge on any atom is 0.0207 e. The molecule has 1 aliphatic heterocycles. The second-order valence-electron chi connectivity index (χ2n) is 4.75. The van der Waals surface area contributed by atoms with Crippen molar-refractivity contribution in [2.75, 3.05) is 26.7 Å². The van der Waals surface area contributed by atoms with E-state index in [1.54, 1.807) is 0 Å². The molecule has 13 heavy (non-hydrogen) atoms. The summed E-state index contributed by atoms with van der Waals surface area (Å²) in [6, 6.07) is 1.24. The fraction of sp³-hybridized carbons (Fsp3) is 1.00. The third-order valence-corrected chi connectivity index (χ3v) is 3.36. The van der Waals surface area contributed by atoms with Gasteiger partial charge in [0.25, 0.3) is 0 Å². The fourth-order valence-electron chi connectivity index (χ4n) is 2.39. The van der Waals surface area contributed by atoms with Gasteiger partial charge in [-0.25, -0.2) is 0 Å². The highest BCUT2D eigenvalue weighted by Crippen LogP contribution is 2.24. The van der Waals surface area contributed by atoms with Crippen LogP contribution in [0.4, 0.5) is 0 Å². The Hall–Kier alpha value is -0.120. The van der Waals surface area contributed by atoms with E-state index in [1.807, 2.05) is 0 Å². The van der Waals surface area contributed by atoms with E-state index in [0.717, 1.165) is 12.0 Å². The van der Waals surface area contributed by atoms with Gasteiger partial charge in [0.15, 0.2) is 0 Å². The molecular weight excluding hydrogens is 162 g/mol. The Labute approximate surface area is 80.7 Å². The highest BCUT2D eigenvalue weighted by molar-refractivity contribution is 4.86. The number of hydrogen-bond donors (Lipinski definition) is 2. The van der Waals surface area contributed by atoms with Gasteiger partial charge in [0.2, 0.25) is 0 Å². The summed E-state index contributed by atoms with van der Waals surface area (Å²) >= 11 is 0. The lowest BCUT2D eigenvalue weighted by molar-refractivity contribution is 0.247. The predicted octanol–water partition coefficient (Wildman–Crippen LogP) is 0.0174. The van der Waals surface area contributed by atoms with E-state index in [0.29, 0.717) is 6.04 Å². The molecule has 0 radical (unpaired) electrons. The van der Waals surface area contributed by atoms with E-state index >= 15 is 0 Å². The van der Waals surface area contributed by atoms with Gasteiger partial charge in [-0.1, -0.05) is 0 Å². The largest absolute Gasteiger partial charge is 0.328 e. The van der Waals surface area contributed by atoms with Crippen LogP contribution in [0.2, 0.25) is 0 Å². The molecule has 1 saturated carbocycles. The number of likely N-dealkylation sites (N-methyl/N-ethyl adjacent to an activating group) is 1. The first-order chi connectivity index (χ1) is 6.24. The number of nitrogens with two attached hydrogens (primary N) is 1. The van der Waals surface area contributed by atoms with Crippen molar-refractivity contribution in [3.05, 3.63) is 0 Å². The van der Waals surface area contributed by atoms with Crippen LogP contribution in [0.1, 0.15) is 19.3 Å². The van der Waals surface area contributed by atoms with Crippen LogP contribution in [0.3, 0.4) is 0 Å². The molecule has 0 aromatic heterocycles. The first kappa shape index (κ1) is 9.44. The second-order valence-corrected chi connectivity index (χ2v) is 4.75. The first-order valence-electron chi connectivity index (χ1n) is 5.41. The molecule has 3 nitrogen and oxygen atoms in total. The maximum atomic E-state index is 5.74. The highest BCUT2D eigenvalue weighted by atomic mass is 15.2. The van der Waals surface area contributed by atoms with Gasteiger partial charge in [0, 0.05) is 18.6 Å². The minimum absolute atomic E-state index is 0.498. The van der Waals surface area contributed by atoms with Gasteiger partial charge in [0.05, 0.1) is 0 Å². The molecule has 2 fully saturated rings. The summed E-state index contributed by atoms with van der Waals surface area (Å²) in [5.41, 5.74) is 5.74. The summed E-state index contributed by atoms with van der Waals surface area (Å²) in [5, 5.41) is 3.64. The van der Waals surface area contributed by atoms with Gasteiger partial charge in [-0.05, 0) is 45.3 Å². The Bertz CT molecular complexity index is 166. The predicted molar refractivity (Wildman–Crippen MR) is 54.6 cm³/mol. The quantitative estimate of drug-likeness (QED) is 0.648. The molecular formula is C10H21N3. The molecule has 0 amide bonds. The van der Waals surface area contributed by atoms with Crippen LogP contribution in [-0.4, -0.2) is 43.7 Å². The van der Waals surface area contributed by atoms with Crippen LogP contribution in [0.5, 0.6) is 0 Å². The van der Waals surface area contributed by atoms with Crippen molar-refractivity contribution in [3.63, 3.8) is 0 Å².